The van der Waals surface area contributed by atoms with Gasteiger partial charge in [0.05, 0.1) is 13.6 Å². The number of hydrogen-bond donors (Lipinski definition) is 1. The number of aromatic nitrogens is 1. The lowest BCUT2D eigenvalue weighted by Gasteiger charge is -2.43. The molecule has 1 aromatic heterocycles. The van der Waals surface area contributed by atoms with Crippen molar-refractivity contribution in [1.82, 2.24) is 4.98 Å². The first kappa shape index (κ1) is 22.5. The lowest BCUT2D eigenvalue weighted by atomic mass is 9.85. The number of fused-ring (bicyclic) bond motifs is 1. The number of aromatic hydroxyl groups is 1. The van der Waals surface area contributed by atoms with Crippen LogP contribution in [0.3, 0.4) is 0 Å². The van der Waals surface area contributed by atoms with Crippen LogP contribution in [0.1, 0.15) is 63.9 Å². The molecule has 0 aliphatic rings. The fourth-order valence-corrected chi connectivity index (χ4v) is 6.64. The highest BCUT2D eigenvalue weighted by Crippen LogP contribution is 2.46. The van der Waals surface area contributed by atoms with Gasteiger partial charge in [-0.25, -0.2) is 0 Å². The Morgan fingerprint density at radius 3 is 2.20 bits per heavy atom. The first-order valence-electron chi connectivity index (χ1n) is 11.0. The molecule has 0 amide bonds. The number of rotatable bonds is 4. The largest absolute Gasteiger partial charge is 0.508 e. The number of hydrogen-bond acceptors (Lipinski definition) is 2. The number of para-hydroxylation sites is 1. The zero-order chi connectivity index (χ0) is 22.3. The summed E-state index contributed by atoms with van der Waals surface area (Å²) in [5.41, 5.74) is 4.86. The Bertz CT molecular complexity index is 1040. The first-order valence-corrected chi connectivity index (χ1v) is 14.1. The maximum absolute atomic E-state index is 10.7. The minimum Gasteiger partial charge on any atom is -0.508 e. The van der Waals surface area contributed by atoms with E-state index < -0.39 is 8.07 Å². The van der Waals surface area contributed by atoms with Gasteiger partial charge in [-0.3, -0.25) is 4.98 Å². The van der Waals surface area contributed by atoms with E-state index in [2.05, 4.69) is 103 Å². The molecule has 30 heavy (non-hydrogen) atoms. The summed E-state index contributed by atoms with van der Waals surface area (Å²) in [5, 5.41) is 12.1. The van der Waals surface area contributed by atoms with Crippen molar-refractivity contribution >= 4 is 19.0 Å². The summed E-state index contributed by atoms with van der Waals surface area (Å²) < 4.78 is 0. The average Bonchev–Trinajstić information content (AvgIpc) is 2.65. The van der Waals surface area contributed by atoms with E-state index in [9.17, 15) is 5.11 Å². The molecule has 3 rings (SSSR count). The highest BCUT2D eigenvalue weighted by molar-refractivity contribution is 6.81. The standard InChI is InChI=1S/C27H37NOSi/c1-26(2,3)21-14-16-24(29)20(17-21)18-25(30(7,8)27(4,5)6)23-15-13-19-11-9-10-12-22(19)28-23/h9-17,25,29H,18H2,1-8H3. The van der Waals surface area contributed by atoms with E-state index in [-0.39, 0.29) is 10.5 Å². The van der Waals surface area contributed by atoms with Crippen LogP contribution in [0.15, 0.2) is 54.6 Å². The number of nitrogens with zero attached hydrogens (tertiary/aromatic N) is 1. The molecule has 0 aliphatic heterocycles. The highest BCUT2D eigenvalue weighted by Gasteiger charge is 2.43. The maximum Gasteiger partial charge on any atom is 0.118 e. The second kappa shape index (κ2) is 7.85. The van der Waals surface area contributed by atoms with E-state index in [4.69, 9.17) is 4.98 Å². The fraction of sp³-hybridized carbons (Fsp3) is 0.444. The van der Waals surface area contributed by atoms with Crippen molar-refractivity contribution in [1.29, 1.82) is 0 Å². The predicted molar refractivity (Wildman–Crippen MR) is 132 cm³/mol. The molecule has 0 saturated heterocycles. The fourth-order valence-electron chi connectivity index (χ4n) is 3.96. The molecule has 0 aliphatic carbocycles. The molecular formula is C27H37NOSi. The Balaban J connectivity index is 2.13. The summed E-state index contributed by atoms with van der Waals surface area (Å²) in [6, 6.07) is 18.9. The van der Waals surface area contributed by atoms with Crippen LogP contribution < -0.4 is 0 Å². The van der Waals surface area contributed by atoms with E-state index in [1.807, 2.05) is 6.07 Å². The number of phenols is 1. The number of phenolic OH excluding ortho intramolecular Hbond substituents is 1. The summed E-state index contributed by atoms with van der Waals surface area (Å²) in [6.45, 7) is 18.7. The SMILES string of the molecule is CC(C)(C)c1ccc(O)c(CC(c2ccc3ccccc3n2)[Si](C)(C)C(C)(C)C)c1. The molecule has 1 atom stereocenters. The van der Waals surface area contributed by atoms with Gasteiger partial charge in [0.2, 0.25) is 0 Å². The third-order valence-corrected chi connectivity index (χ3v) is 13.3. The van der Waals surface area contributed by atoms with Gasteiger partial charge >= 0.3 is 0 Å². The van der Waals surface area contributed by atoms with E-state index in [0.29, 0.717) is 11.3 Å². The van der Waals surface area contributed by atoms with Crippen LogP contribution >= 0.6 is 0 Å². The topological polar surface area (TPSA) is 33.1 Å². The Labute approximate surface area is 183 Å². The minimum absolute atomic E-state index is 0.0517. The Hall–Kier alpha value is -2.13. The van der Waals surface area contributed by atoms with Crippen molar-refractivity contribution in [2.45, 2.75) is 77.1 Å². The molecule has 0 spiro atoms. The second-order valence-electron chi connectivity index (χ2n) is 11.3. The van der Waals surface area contributed by atoms with Crippen LogP contribution in [0.2, 0.25) is 18.1 Å². The highest BCUT2D eigenvalue weighted by atomic mass is 28.3. The quantitative estimate of drug-likeness (QED) is 0.441. The van der Waals surface area contributed by atoms with Crippen molar-refractivity contribution in [2.24, 2.45) is 0 Å². The third-order valence-electron chi connectivity index (χ3n) is 7.15. The Morgan fingerprint density at radius 2 is 1.57 bits per heavy atom. The van der Waals surface area contributed by atoms with E-state index in [1.54, 1.807) is 0 Å². The second-order valence-corrected chi connectivity index (χ2v) is 16.9. The minimum atomic E-state index is -1.81. The maximum atomic E-state index is 10.7. The summed E-state index contributed by atoms with van der Waals surface area (Å²) in [4.78, 5) is 5.11. The molecule has 1 N–H and O–H groups in total. The van der Waals surface area contributed by atoms with Crippen molar-refractivity contribution in [3.63, 3.8) is 0 Å². The number of benzene rings is 2. The molecule has 1 heterocycles. The Kier molecular flexibility index (Phi) is 5.90. The monoisotopic (exact) mass is 419 g/mol. The van der Waals surface area contributed by atoms with Gasteiger partial charge in [-0.05, 0) is 46.2 Å². The normalized spacial score (nSPS) is 14.1. The van der Waals surface area contributed by atoms with Gasteiger partial charge in [-0.1, -0.05) is 91.0 Å². The molecule has 0 radical (unpaired) electrons. The summed E-state index contributed by atoms with van der Waals surface area (Å²) >= 11 is 0. The molecular weight excluding hydrogens is 382 g/mol. The first-order chi connectivity index (χ1) is 13.8. The van der Waals surface area contributed by atoms with Crippen LogP contribution in [0.25, 0.3) is 10.9 Å². The lowest BCUT2D eigenvalue weighted by molar-refractivity contribution is 0.465. The molecule has 3 aromatic rings. The molecule has 0 bridgehead atoms. The summed E-state index contributed by atoms with van der Waals surface area (Å²) in [6.07, 6.45) is 0.817. The van der Waals surface area contributed by atoms with Gasteiger partial charge in [0.15, 0.2) is 0 Å². The Morgan fingerprint density at radius 1 is 0.900 bits per heavy atom. The average molecular weight is 420 g/mol. The number of pyridine rings is 1. The lowest BCUT2D eigenvalue weighted by Crippen LogP contribution is -2.45. The molecule has 2 nitrogen and oxygen atoms in total. The van der Waals surface area contributed by atoms with Crippen molar-refractivity contribution in [3.05, 3.63) is 71.4 Å². The van der Waals surface area contributed by atoms with Gasteiger partial charge < -0.3 is 5.11 Å². The predicted octanol–water partition coefficient (Wildman–Crippen LogP) is 7.61. The molecule has 0 fully saturated rings. The van der Waals surface area contributed by atoms with Crippen molar-refractivity contribution in [2.75, 3.05) is 0 Å². The van der Waals surface area contributed by atoms with Crippen LogP contribution in [0, 0.1) is 0 Å². The van der Waals surface area contributed by atoms with Crippen LogP contribution in [-0.2, 0) is 11.8 Å². The van der Waals surface area contributed by atoms with Gasteiger partial charge in [0.25, 0.3) is 0 Å². The van der Waals surface area contributed by atoms with Gasteiger partial charge in [-0.15, -0.1) is 0 Å². The van der Waals surface area contributed by atoms with E-state index >= 15 is 0 Å². The van der Waals surface area contributed by atoms with E-state index in [0.717, 1.165) is 23.2 Å². The van der Waals surface area contributed by atoms with Crippen LogP contribution in [0.4, 0.5) is 0 Å². The molecule has 3 heteroatoms. The molecule has 160 valence electrons. The van der Waals surface area contributed by atoms with E-state index in [1.165, 1.54) is 10.9 Å². The van der Waals surface area contributed by atoms with Crippen molar-refractivity contribution in [3.8, 4) is 5.75 Å². The molecule has 2 aromatic carbocycles. The van der Waals surface area contributed by atoms with Gasteiger partial charge in [0, 0.05) is 16.6 Å². The smallest absolute Gasteiger partial charge is 0.118 e. The van der Waals surface area contributed by atoms with Crippen LogP contribution in [-0.4, -0.2) is 18.2 Å². The van der Waals surface area contributed by atoms with Gasteiger partial charge in [-0.2, -0.15) is 0 Å². The van der Waals surface area contributed by atoms with Gasteiger partial charge in [0.1, 0.15) is 5.75 Å². The zero-order valence-corrected chi connectivity index (χ0v) is 20.9. The molecule has 0 saturated carbocycles. The summed E-state index contributed by atoms with van der Waals surface area (Å²) in [7, 11) is -1.81. The van der Waals surface area contributed by atoms with Crippen molar-refractivity contribution < 1.29 is 5.11 Å². The molecule has 1 unspecified atom stereocenters. The summed E-state index contributed by atoms with van der Waals surface area (Å²) in [5.74, 6) is 0.396. The zero-order valence-electron chi connectivity index (χ0n) is 19.9. The third kappa shape index (κ3) is 4.46. The van der Waals surface area contributed by atoms with Crippen LogP contribution in [0.5, 0.6) is 5.75 Å².